The fourth-order valence-electron chi connectivity index (χ4n) is 1.35. The van der Waals surface area contributed by atoms with Gasteiger partial charge >= 0.3 is 0 Å². The summed E-state index contributed by atoms with van der Waals surface area (Å²) in [6.07, 6.45) is 3.04. The SMILES string of the molecule is N#CC=Cc1cc2ccccc2nc1Cl. The average molecular weight is 215 g/mol. The second-order valence-electron chi connectivity index (χ2n) is 3.02. The highest BCUT2D eigenvalue weighted by Crippen LogP contribution is 2.21. The maximum Gasteiger partial charge on any atom is 0.137 e. The van der Waals surface area contributed by atoms with Crippen molar-refractivity contribution in [1.82, 2.24) is 4.98 Å². The molecule has 0 saturated carbocycles. The summed E-state index contributed by atoms with van der Waals surface area (Å²) < 4.78 is 0. The zero-order valence-electron chi connectivity index (χ0n) is 7.81. The second-order valence-corrected chi connectivity index (χ2v) is 3.38. The number of fused-ring (bicyclic) bond motifs is 1. The van der Waals surface area contributed by atoms with Gasteiger partial charge in [-0.05, 0) is 18.2 Å². The smallest absolute Gasteiger partial charge is 0.137 e. The van der Waals surface area contributed by atoms with Crippen LogP contribution < -0.4 is 0 Å². The average Bonchev–Trinajstić information content (AvgIpc) is 2.26. The van der Waals surface area contributed by atoms with Gasteiger partial charge in [0.05, 0.1) is 11.6 Å². The lowest BCUT2D eigenvalue weighted by atomic mass is 10.1. The van der Waals surface area contributed by atoms with Gasteiger partial charge in [0.2, 0.25) is 0 Å². The third-order valence-corrected chi connectivity index (χ3v) is 2.34. The maximum atomic E-state index is 8.43. The van der Waals surface area contributed by atoms with Crippen LogP contribution in [0.3, 0.4) is 0 Å². The fraction of sp³-hybridized carbons (Fsp3) is 0. The van der Waals surface area contributed by atoms with Crippen LogP contribution in [-0.4, -0.2) is 4.98 Å². The number of nitrogens with zero attached hydrogens (tertiary/aromatic N) is 2. The van der Waals surface area contributed by atoms with Crippen LogP contribution in [0.4, 0.5) is 0 Å². The van der Waals surface area contributed by atoms with Crippen molar-refractivity contribution in [2.24, 2.45) is 0 Å². The molecular weight excluding hydrogens is 208 g/mol. The molecule has 0 spiro atoms. The minimum absolute atomic E-state index is 0.417. The van der Waals surface area contributed by atoms with Gasteiger partial charge < -0.3 is 0 Å². The van der Waals surface area contributed by atoms with Gasteiger partial charge in [0, 0.05) is 17.0 Å². The third kappa shape index (κ3) is 1.98. The molecule has 0 radical (unpaired) electrons. The van der Waals surface area contributed by atoms with Gasteiger partial charge in [-0.1, -0.05) is 29.8 Å². The summed E-state index contributed by atoms with van der Waals surface area (Å²) in [5.41, 5.74) is 1.62. The van der Waals surface area contributed by atoms with E-state index in [0.717, 1.165) is 16.5 Å². The van der Waals surface area contributed by atoms with Crippen molar-refractivity contribution in [3.8, 4) is 6.07 Å². The third-order valence-electron chi connectivity index (χ3n) is 2.04. The van der Waals surface area contributed by atoms with Gasteiger partial charge in [0.25, 0.3) is 0 Å². The molecule has 2 nitrogen and oxygen atoms in total. The molecule has 72 valence electrons. The minimum Gasteiger partial charge on any atom is -0.235 e. The van der Waals surface area contributed by atoms with Gasteiger partial charge in [-0.25, -0.2) is 4.98 Å². The second kappa shape index (κ2) is 4.12. The van der Waals surface area contributed by atoms with Crippen molar-refractivity contribution in [3.63, 3.8) is 0 Å². The van der Waals surface area contributed by atoms with Crippen LogP contribution in [0.25, 0.3) is 17.0 Å². The van der Waals surface area contributed by atoms with Crippen molar-refractivity contribution in [2.75, 3.05) is 0 Å². The Kier molecular flexibility index (Phi) is 2.66. The summed E-state index contributed by atoms with van der Waals surface area (Å²) in [6.45, 7) is 0. The first-order valence-corrected chi connectivity index (χ1v) is 4.80. The fourth-order valence-corrected chi connectivity index (χ4v) is 1.56. The Morgan fingerprint density at radius 2 is 2.13 bits per heavy atom. The summed E-state index contributed by atoms with van der Waals surface area (Å²) in [5, 5.41) is 9.86. The summed E-state index contributed by atoms with van der Waals surface area (Å²) in [4.78, 5) is 4.23. The Morgan fingerprint density at radius 1 is 1.33 bits per heavy atom. The predicted octanol–water partition coefficient (Wildman–Crippen LogP) is 3.42. The molecule has 0 amide bonds. The lowest BCUT2D eigenvalue weighted by Crippen LogP contribution is -1.83. The van der Waals surface area contributed by atoms with E-state index in [1.807, 2.05) is 36.4 Å². The van der Waals surface area contributed by atoms with E-state index in [0.29, 0.717) is 5.15 Å². The van der Waals surface area contributed by atoms with E-state index >= 15 is 0 Å². The molecule has 0 unspecified atom stereocenters. The van der Waals surface area contributed by atoms with Crippen molar-refractivity contribution in [1.29, 1.82) is 5.26 Å². The maximum absolute atomic E-state index is 8.43. The number of hydrogen-bond donors (Lipinski definition) is 0. The Hall–Kier alpha value is -1.85. The lowest BCUT2D eigenvalue weighted by molar-refractivity contribution is 1.40. The van der Waals surface area contributed by atoms with Crippen LogP contribution in [0.2, 0.25) is 5.15 Å². The van der Waals surface area contributed by atoms with Gasteiger partial charge in [0.1, 0.15) is 5.15 Å². The number of para-hydroxylation sites is 1. The van der Waals surface area contributed by atoms with Crippen molar-refractivity contribution < 1.29 is 0 Å². The number of pyridine rings is 1. The van der Waals surface area contributed by atoms with E-state index in [2.05, 4.69) is 4.98 Å². The highest BCUT2D eigenvalue weighted by molar-refractivity contribution is 6.31. The van der Waals surface area contributed by atoms with Crippen LogP contribution in [0.1, 0.15) is 5.56 Å². The van der Waals surface area contributed by atoms with E-state index in [1.54, 1.807) is 6.08 Å². The first-order chi connectivity index (χ1) is 7.31. The van der Waals surface area contributed by atoms with Crippen LogP contribution in [0.15, 0.2) is 36.4 Å². The largest absolute Gasteiger partial charge is 0.235 e. The van der Waals surface area contributed by atoms with Crippen LogP contribution in [0, 0.1) is 11.3 Å². The highest BCUT2D eigenvalue weighted by atomic mass is 35.5. The monoisotopic (exact) mass is 214 g/mol. The number of halogens is 1. The zero-order valence-corrected chi connectivity index (χ0v) is 8.57. The van der Waals surface area contributed by atoms with E-state index in [4.69, 9.17) is 16.9 Å². The Bertz CT molecular complexity index is 567. The van der Waals surface area contributed by atoms with E-state index in [9.17, 15) is 0 Å². The molecular formula is C12H7ClN2. The minimum atomic E-state index is 0.417. The molecule has 0 atom stereocenters. The quantitative estimate of drug-likeness (QED) is 0.539. The van der Waals surface area contributed by atoms with Gasteiger partial charge in [0.15, 0.2) is 0 Å². The van der Waals surface area contributed by atoms with E-state index in [1.165, 1.54) is 6.08 Å². The molecule has 0 aliphatic rings. The molecule has 1 heterocycles. The van der Waals surface area contributed by atoms with E-state index in [-0.39, 0.29) is 0 Å². The first-order valence-electron chi connectivity index (χ1n) is 4.43. The number of hydrogen-bond acceptors (Lipinski definition) is 2. The van der Waals surface area contributed by atoms with E-state index < -0.39 is 0 Å². The molecule has 3 heteroatoms. The molecule has 2 aromatic rings. The molecule has 0 aliphatic heterocycles. The summed E-state index contributed by atoms with van der Waals surface area (Å²) in [7, 11) is 0. The first kappa shape index (κ1) is 9.70. The van der Waals surface area contributed by atoms with Crippen molar-refractivity contribution >= 4 is 28.6 Å². The Morgan fingerprint density at radius 3 is 2.93 bits per heavy atom. The topological polar surface area (TPSA) is 36.7 Å². The lowest BCUT2D eigenvalue weighted by Gasteiger charge is -2.00. The predicted molar refractivity (Wildman–Crippen MR) is 61.4 cm³/mol. The molecule has 1 aromatic heterocycles. The van der Waals surface area contributed by atoms with Crippen molar-refractivity contribution in [3.05, 3.63) is 47.1 Å². The molecule has 0 bridgehead atoms. The molecule has 15 heavy (non-hydrogen) atoms. The number of rotatable bonds is 1. The van der Waals surface area contributed by atoms with Crippen molar-refractivity contribution in [2.45, 2.75) is 0 Å². The molecule has 1 aromatic carbocycles. The zero-order chi connectivity index (χ0) is 10.7. The Labute approximate surface area is 92.4 Å². The van der Waals surface area contributed by atoms with Gasteiger partial charge in [-0.3, -0.25) is 0 Å². The standard InChI is InChI=1S/C12H7ClN2/c13-12-10(5-3-7-14)8-9-4-1-2-6-11(9)15-12/h1-6,8H. The number of benzene rings is 1. The van der Waals surface area contributed by atoms with Crippen LogP contribution in [0.5, 0.6) is 0 Å². The molecule has 0 fully saturated rings. The summed E-state index contributed by atoms with van der Waals surface area (Å²) >= 11 is 5.97. The number of nitriles is 1. The van der Waals surface area contributed by atoms with Gasteiger partial charge in [-0.2, -0.15) is 5.26 Å². The molecule has 0 N–H and O–H groups in total. The number of aromatic nitrogens is 1. The normalized spacial score (nSPS) is 10.7. The van der Waals surface area contributed by atoms with Crippen LogP contribution >= 0.6 is 11.6 Å². The highest BCUT2D eigenvalue weighted by Gasteiger charge is 2.01. The molecule has 0 saturated heterocycles. The molecule has 2 rings (SSSR count). The Balaban J connectivity index is 2.63. The summed E-state index contributed by atoms with van der Waals surface area (Å²) in [5.74, 6) is 0. The summed E-state index contributed by atoms with van der Waals surface area (Å²) in [6, 6.07) is 11.6. The molecule has 0 aliphatic carbocycles. The van der Waals surface area contributed by atoms with Gasteiger partial charge in [-0.15, -0.1) is 0 Å². The van der Waals surface area contributed by atoms with Crippen LogP contribution in [-0.2, 0) is 0 Å². The number of allylic oxidation sites excluding steroid dienone is 1.